The van der Waals surface area contributed by atoms with Gasteiger partial charge in [-0.2, -0.15) is 0 Å². The third kappa shape index (κ3) is 3.02. The van der Waals surface area contributed by atoms with E-state index in [1.807, 2.05) is 6.07 Å². The first kappa shape index (κ1) is 10.5. The van der Waals surface area contributed by atoms with Crippen LogP contribution >= 0.6 is 0 Å². The molecule has 5 heteroatoms. The smallest absolute Gasteiger partial charge is 0.141 e. The Morgan fingerprint density at radius 2 is 2.50 bits per heavy atom. The van der Waals surface area contributed by atoms with Crippen LogP contribution in [0.3, 0.4) is 0 Å². The summed E-state index contributed by atoms with van der Waals surface area (Å²) < 4.78 is 4.90. The van der Waals surface area contributed by atoms with Crippen LogP contribution in [-0.2, 0) is 4.74 Å². The first-order chi connectivity index (χ1) is 6.74. The maximum absolute atomic E-state index is 7.21. The fraction of sp³-hybridized carbons (Fsp3) is 0.333. The highest BCUT2D eigenvalue weighted by atomic mass is 16.5. The first-order valence-corrected chi connectivity index (χ1v) is 4.27. The summed E-state index contributed by atoms with van der Waals surface area (Å²) in [5, 5.41) is 10.3. The van der Waals surface area contributed by atoms with E-state index in [-0.39, 0.29) is 5.84 Å². The lowest BCUT2D eigenvalue weighted by Gasteiger charge is -2.06. The van der Waals surface area contributed by atoms with Crippen LogP contribution in [0, 0.1) is 5.41 Å². The molecule has 0 saturated heterocycles. The number of amidine groups is 1. The molecule has 4 N–H and O–H groups in total. The largest absolute Gasteiger partial charge is 0.383 e. The molecule has 0 atom stereocenters. The van der Waals surface area contributed by atoms with Crippen molar-refractivity contribution < 1.29 is 4.74 Å². The third-order valence-corrected chi connectivity index (χ3v) is 1.67. The molecule has 0 fully saturated rings. The van der Waals surface area contributed by atoms with Crippen molar-refractivity contribution in [2.24, 2.45) is 5.73 Å². The molecule has 0 spiro atoms. The second-order valence-electron chi connectivity index (χ2n) is 2.76. The van der Waals surface area contributed by atoms with E-state index >= 15 is 0 Å². The summed E-state index contributed by atoms with van der Waals surface area (Å²) in [5.41, 5.74) is 6.68. The third-order valence-electron chi connectivity index (χ3n) is 1.67. The van der Waals surface area contributed by atoms with Gasteiger partial charge in [0.15, 0.2) is 0 Å². The van der Waals surface area contributed by atoms with Gasteiger partial charge in [0.05, 0.1) is 6.61 Å². The van der Waals surface area contributed by atoms with Crippen LogP contribution in [0.15, 0.2) is 18.3 Å². The van der Waals surface area contributed by atoms with Gasteiger partial charge in [-0.1, -0.05) is 0 Å². The van der Waals surface area contributed by atoms with Gasteiger partial charge in [-0.3, -0.25) is 10.4 Å². The quantitative estimate of drug-likeness (QED) is 0.360. The number of pyridine rings is 1. The molecule has 1 heterocycles. The van der Waals surface area contributed by atoms with Crippen molar-refractivity contribution >= 4 is 11.5 Å². The lowest BCUT2D eigenvalue weighted by atomic mass is 10.3. The van der Waals surface area contributed by atoms with Gasteiger partial charge >= 0.3 is 0 Å². The number of aromatic nitrogens is 1. The molecule has 5 nitrogen and oxygen atoms in total. The van der Waals surface area contributed by atoms with Gasteiger partial charge in [0.2, 0.25) is 0 Å². The Bertz CT molecular complexity index is 313. The molecule has 0 aliphatic heterocycles. The number of hydrogen-bond acceptors (Lipinski definition) is 4. The molecule has 14 heavy (non-hydrogen) atoms. The zero-order chi connectivity index (χ0) is 10.4. The lowest BCUT2D eigenvalue weighted by molar-refractivity contribution is 0.211. The van der Waals surface area contributed by atoms with E-state index in [1.54, 1.807) is 19.4 Å². The Kier molecular flexibility index (Phi) is 3.87. The summed E-state index contributed by atoms with van der Waals surface area (Å²) in [6, 6.07) is 3.56. The van der Waals surface area contributed by atoms with E-state index in [2.05, 4.69) is 10.3 Å². The minimum Gasteiger partial charge on any atom is -0.383 e. The van der Waals surface area contributed by atoms with Crippen LogP contribution in [-0.4, -0.2) is 31.1 Å². The van der Waals surface area contributed by atoms with Crippen molar-refractivity contribution in [2.75, 3.05) is 25.6 Å². The molecule has 0 aromatic carbocycles. The number of rotatable bonds is 5. The highest BCUT2D eigenvalue weighted by molar-refractivity contribution is 5.93. The maximum atomic E-state index is 7.21. The highest BCUT2D eigenvalue weighted by Crippen LogP contribution is 2.06. The predicted octanol–water partition coefficient (Wildman–Crippen LogP) is 0.424. The molecule has 0 bridgehead atoms. The molecular formula is C9H14N4O. The summed E-state index contributed by atoms with van der Waals surface area (Å²) in [6.07, 6.45) is 1.62. The number of nitrogens with two attached hydrogens (primary N) is 1. The number of ether oxygens (including phenoxy) is 1. The monoisotopic (exact) mass is 194 g/mol. The number of methoxy groups -OCH3 is 1. The zero-order valence-corrected chi connectivity index (χ0v) is 8.08. The van der Waals surface area contributed by atoms with Crippen molar-refractivity contribution in [2.45, 2.75) is 0 Å². The van der Waals surface area contributed by atoms with E-state index < -0.39 is 0 Å². The molecule has 0 amide bonds. The van der Waals surface area contributed by atoms with E-state index in [1.165, 1.54) is 0 Å². The topological polar surface area (TPSA) is 84.0 Å². The van der Waals surface area contributed by atoms with Crippen LogP contribution in [0.2, 0.25) is 0 Å². The van der Waals surface area contributed by atoms with E-state index in [0.29, 0.717) is 12.3 Å². The molecule has 76 valence electrons. The second kappa shape index (κ2) is 5.18. The summed E-state index contributed by atoms with van der Waals surface area (Å²) in [4.78, 5) is 3.95. The SMILES string of the molecule is COCCNc1ccnc(C(=N)N)c1. The fourth-order valence-electron chi connectivity index (χ4n) is 0.985. The molecule has 0 aliphatic carbocycles. The van der Waals surface area contributed by atoms with Crippen LogP contribution in [0.4, 0.5) is 5.69 Å². The highest BCUT2D eigenvalue weighted by Gasteiger charge is 1.98. The maximum Gasteiger partial charge on any atom is 0.141 e. The molecule has 0 saturated carbocycles. The summed E-state index contributed by atoms with van der Waals surface area (Å²) in [5.74, 6) is -0.0274. The number of nitrogens with one attached hydrogen (secondary N) is 2. The Balaban J connectivity index is 2.59. The molecule has 0 unspecified atom stereocenters. The van der Waals surface area contributed by atoms with Crippen LogP contribution in [0.1, 0.15) is 5.69 Å². The van der Waals surface area contributed by atoms with Crippen molar-refractivity contribution in [3.63, 3.8) is 0 Å². The normalized spacial score (nSPS) is 9.79. The Labute approximate surface area is 82.8 Å². The number of hydrogen-bond donors (Lipinski definition) is 3. The van der Waals surface area contributed by atoms with Gasteiger partial charge in [0.1, 0.15) is 11.5 Å². The number of nitrogen functional groups attached to an aromatic ring is 1. The Hall–Kier alpha value is -1.62. The first-order valence-electron chi connectivity index (χ1n) is 4.27. The van der Waals surface area contributed by atoms with Crippen molar-refractivity contribution in [3.05, 3.63) is 24.0 Å². The lowest BCUT2D eigenvalue weighted by Crippen LogP contribution is -2.14. The zero-order valence-electron chi connectivity index (χ0n) is 8.08. The molecule has 1 aromatic heterocycles. The molecule has 1 rings (SSSR count). The summed E-state index contributed by atoms with van der Waals surface area (Å²) >= 11 is 0. The van der Waals surface area contributed by atoms with Crippen LogP contribution < -0.4 is 11.1 Å². The van der Waals surface area contributed by atoms with E-state index in [4.69, 9.17) is 15.9 Å². The standard InChI is InChI=1S/C9H14N4O/c1-14-5-4-12-7-2-3-13-8(6-7)9(10)11/h2-3,6H,4-5H2,1H3,(H3,10,11)(H,12,13). The Morgan fingerprint density at radius 1 is 1.71 bits per heavy atom. The minimum absolute atomic E-state index is 0.0274. The minimum atomic E-state index is -0.0274. The van der Waals surface area contributed by atoms with Crippen molar-refractivity contribution in [1.29, 1.82) is 5.41 Å². The summed E-state index contributed by atoms with van der Waals surface area (Å²) in [6.45, 7) is 1.36. The van der Waals surface area contributed by atoms with Crippen molar-refractivity contribution in [3.8, 4) is 0 Å². The van der Waals surface area contributed by atoms with Gasteiger partial charge in [0, 0.05) is 25.5 Å². The molecule has 1 aromatic rings. The van der Waals surface area contributed by atoms with Crippen LogP contribution in [0.25, 0.3) is 0 Å². The summed E-state index contributed by atoms with van der Waals surface area (Å²) in [7, 11) is 1.65. The molecule has 0 aliphatic rings. The average molecular weight is 194 g/mol. The van der Waals surface area contributed by atoms with Crippen LogP contribution in [0.5, 0.6) is 0 Å². The van der Waals surface area contributed by atoms with E-state index in [9.17, 15) is 0 Å². The van der Waals surface area contributed by atoms with E-state index in [0.717, 1.165) is 12.2 Å². The number of anilines is 1. The predicted molar refractivity (Wildman–Crippen MR) is 55.6 cm³/mol. The molecule has 0 radical (unpaired) electrons. The van der Waals surface area contributed by atoms with Gasteiger partial charge < -0.3 is 15.8 Å². The van der Waals surface area contributed by atoms with Crippen molar-refractivity contribution in [1.82, 2.24) is 4.98 Å². The fourth-order valence-corrected chi connectivity index (χ4v) is 0.985. The Morgan fingerprint density at radius 3 is 3.14 bits per heavy atom. The second-order valence-corrected chi connectivity index (χ2v) is 2.76. The van der Waals surface area contributed by atoms with Gasteiger partial charge in [-0.25, -0.2) is 0 Å². The molecular weight excluding hydrogens is 180 g/mol. The van der Waals surface area contributed by atoms with Gasteiger partial charge in [-0.05, 0) is 12.1 Å². The average Bonchev–Trinajstić information content (AvgIpc) is 2.19. The number of nitrogens with zero attached hydrogens (tertiary/aromatic N) is 1. The van der Waals surface area contributed by atoms with Gasteiger partial charge in [0.25, 0.3) is 0 Å². The van der Waals surface area contributed by atoms with Gasteiger partial charge in [-0.15, -0.1) is 0 Å².